The summed E-state index contributed by atoms with van der Waals surface area (Å²) in [6.45, 7) is 0.103. The number of benzene rings is 1. The minimum Gasteiger partial charge on any atom is -0.396 e. The second-order valence-electron chi connectivity index (χ2n) is 6.76. The lowest BCUT2D eigenvalue weighted by Crippen LogP contribution is -2.09. The minimum atomic E-state index is -3.32. The van der Waals surface area contributed by atoms with Gasteiger partial charge < -0.3 is 10.1 Å². The number of carbonyl (C=O) groups excluding carboxylic acids is 1. The number of hydrogen-bond donors (Lipinski definition) is 3. The van der Waals surface area contributed by atoms with Gasteiger partial charge in [-0.05, 0) is 48.2 Å². The summed E-state index contributed by atoms with van der Waals surface area (Å²) in [6.07, 6.45) is 4.88. The van der Waals surface area contributed by atoms with Gasteiger partial charge in [0.1, 0.15) is 11.4 Å². The van der Waals surface area contributed by atoms with E-state index in [2.05, 4.69) is 14.7 Å². The Balaban J connectivity index is 1.82. The first-order valence-electron chi connectivity index (χ1n) is 9.03. The monoisotopic (exact) mass is 401 g/mol. The molecule has 2 aromatic heterocycles. The van der Waals surface area contributed by atoms with Gasteiger partial charge >= 0.3 is 0 Å². The van der Waals surface area contributed by atoms with Gasteiger partial charge in [0, 0.05) is 42.4 Å². The van der Waals surface area contributed by atoms with E-state index in [1.807, 2.05) is 24.3 Å². The van der Waals surface area contributed by atoms with Crippen LogP contribution < -0.4 is 4.72 Å². The molecule has 2 heterocycles. The van der Waals surface area contributed by atoms with E-state index in [1.165, 1.54) is 0 Å². The van der Waals surface area contributed by atoms with Crippen molar-refractivity contribution in [2.75, 3.05) is 17.6 Å². The van der Waals surface area contributed by atoms with Gasteiger partial charge in [0.15, 0.2) is 0 Å². The van der Waals surface area contributed by atoms with Crippen molar-refractivity contribution >= 4 is 32.5 Å². The maximum absolute atomic E-state index is 12.1. The Hall–Kier alpha value is -2.71. The first-order valence-corrected chi connectivity index (χ1v) is 10.9. The van der Waals surface area contributed by atoms with Crippen molar-refractivity contribution in [3.63, 3.8) is 0 Å². The highest BCUT2D eigenvalue weighted by Crippen LogP contribution is 2.29. The molecule has 0 spiro atoms. The quantitative estimate of drug-likeness (QED) is 0.477. The number of hydrogen-bond acceptors (Lipinski definition) is 5. The number of sulfonamides is 1. The lowest BCUT2D eigenvalue weighted by Gasteiger charge is -2.06. The van der Waals surface area contributed by atoms with Gasteiger partial charge in [0.2, 0.25) is 10.0 Å². The molecule has 0 aliphatic rings. The molecule has 0 amide bonds. The zero-order valence-electron chi connectivity index (χ0n) is 15.6. The second-order valence-corrected chi connectivity index (χ2v) is 8.51. The number of aromatic nitrogens is 2. The lowest BCUT2D eigenvalue weighted by molar-refractivity contribution is -0.118. The van der Waals surface area contributed by atoms with E-state index in [4.69, 9.17) is 5.11 Å². The van der Waals surface area contributed by atoms with Crippen LogP contribution in [0.5, 0.6) is 0 Å². The van der Waals surface area contributed by atoms with E-state index in [0.29, 0.717) is 37.0 Å². The number of pyridine rings is 1. The molecular weight excluding hydrogens is 378 g/mol. The Morgan fingerprint density at radius 2 is 1.93 bits per heavy atom. The van der Waals surface area contributed by atoms with Crippen LogP contribution in [-0.4, -0.2) is 42.1 Å². The molecule has 28 heavy (non-hydrogen) atoms. The largest absolute Gasteiger partial charge is 0.396 e. The molecule has 0 saturated heterocycles. The summed E-state index contributed by atoms with van der Waals surface area (Å²) < 4.78 is 25.1. The van der Waals surface area contributed by atoms with E-state index in [-0.39, 0.29) is 12.4 Å². The van der Waals surface area contributed by atoms with Gasteiger partial charge in [-0.2, -0.15) is 0 Å². The average Bonchev–Trinajstić information content (AvgIpc) is 3.03. The molecule has 8 heteroatoms. The molecule has 0 saturated carbocycles. The van der Waals surface area contributed by atoms with Crippen molar-refractivity contribution in [2.24, 2.45) is 0 Å². The van der Waals surface area contributed by atoms with Crippen LogP contribution in [0.4, 0.5) is 5.69 Å². The van der Waals surface area contributed by atoms with E-state index in [9.17, 15) is 13.2 Å². The highest BCUT2D eigenvalue weighted by molar-refractivity contribution is 7.92. The summed E-state index contributed by atoms with van der Waals surface area (Å²) in [5.74, 6) is 0.123. The lowest BCUT2D eigenvalue weighted by atomic mass is 10.0. The first kappa shape index (κ1) is 20.0. The van der Waals surface area contributed by atoms with Crippen LogP contribution in [-0.2, 0) is 21.2 Å². The molecule has 3 aromatic rings. The normalized spacial score (nSPS) is 11.6. The van der Waals surface area contributed by atoms with E-state index in [0.717, 1.165) is 28.5 Å². The molecule has 0 fully saturated rings. The number of ketones is 1. The first-order chi connectivity index (χ1) is 13.4. The Morgan fingerprint density at radius 3 is 2.61 bits per heavy atom. The third-order valence-electron chi connectivity index (χ3n) is 4.34. The van der Waals surface area contributed by atoms with Crippen molar-refractivity contribution in [2.45, 2.75) is 25.7 Å². The number of anilines is 1. The van der Waals surface area contributed by atoms with Gasteiger partial charge in [-0.1, -0.05) is 12.1 Å². The Morgan fingerprint density at radius 1 is 1.18 bits per heavy atom. The third-order valence-corrected chi connectivity index (χ3v) is 4.94. The van der Waals surface area contributed by atoms with Gasteiger partial charge in [-0.25, -0.2) is 13.4 Å². The number of aromatic amines is 1. The number of carbonyl (C=O) groups is 1. The molecule has 0 aliphatic heterocycles. The predicted molar refractivity (Wildman–Crippen MR) is 110 cm³/mol. The van der Waals surface area contributed by atoms with Crippen LogP contribution in [0.2, 0.25) is 0 Å². The van der Waals surface area contributed by atoms with Gasteiger partial charge in [-0.15, -0.1) is 0 Å². The van der Waals surface area contributed by atoms with Gasteiger partial charge in [0.05, 0.1) is 6.26 Å². The summed E-state index contributed by atoms with van der Waals surface area (Å²) in [4.78, 5) is 19.6. The fourth-order valence-corrected chi connectivity index (χ4v) is 3.66. The van der Waals surface area contributed by atoms with E-state index >= 15 is 0 Å². The number of unbranched alkanes of at least 4 members (excludes halogenated alkanes) is 1. The van der Waals surface area contributed by atoms with Crippen molar-refractivity contribution in [3.05, 3.63) is 48.3 Å². The molecule has 148 valence electrons. The summed E-state index contributed by atoms with van der Waals surface area (Å²) in [5, 5.41) is 9.72. The summed E-state index contributed by atoms with van der Waals surface area (Å²) in [6, 6.07) is 10.9. The Kier molecular flexibility index (Phi) is 6.11. The smallest absolute Gasteiger partial charge is 0.229 e. The number of rotatable bonds is 9. The third kappa shape index (κ3) is 5.17. The van der Waals surface area contributed by atoms with Crippen LogP contribution in [0.15, 0.2) is 42.6 Å². The fourth-order valence-electron chi connectivity index (χ4n) is 3.09. The van der Waals surface area contributed by atoms with Crippen LogP contribution in [0, 0.1) is 0 Å². The molecular formula is C20H23N3O4S. The van der Waals surface area contributed by atoms with Crippen LogP contribution in [0.3, 0.4) is 0 Å². The van der Waals surface area contributed by atoms with E-state index in [1.54, 1.807) is 18.3 Å². The fraction of sp³-hybridized carbons (Fsp3) is 0.300. The summed E-state index contributed by atoms with van der Waals surface area (Å²) in [7, 11) is -3.32. The molecule has 0 unspecified atom stereocenters. The van der Waals surface area contributed by atoms with Gasteiger partial charge in [0.25, 0.3) is 0 Å². The molecule has 0 radical (unpaired) electrons. The second kappa shape index (κ2) is 8.53. The van der Waals surface area contributed by atoms with Crippen molar-refractivity contribution in [1.82, 2.24) is 9.97 Å². The van der Waals surface area contributed by atoms with Crippen LogP contribution in [0.25, 0.3) is 22.2 Å². The highest BCUT2D eigenvalue weighted by Gasteiger charge is 2.11. The average molecular weight is 401 g/mol. The van der Waals surface area contributed by atoms with Crippen molar-refractivity contribution in [3.8, 4) is 11.1 Å². The predicted octanol–water partition coefficient (Wildman–Crippen LogP) is 2.88. The standard InChI is InChI=1S/C20H23N3O4S/c1-28(26,27)23-15-7-5-14(6-8-15)18-9-10-21-20-19(18)13-16(22-20)12-17(25)4-2-3-11-24/h5-10,13,23-24H,2-4,11-12H2,1H3,(H,21,22). The number of nitrogens with one attached hydrogen (secondary N) is 2. The number of aliphatic hydroxyl groups excluding tert-OH is 1. The molecule has 0 aliphatic carbocycles. The number of aliphatic hydroxyl groups is 1. The summed E-state index contributed by atoms with van der Waals surface area (Å²) in [5.41, 5.74) is 3.88. The Bertz CT molecular complexity index is 1070. The van der Waals surface area contributed by atoms with Crippen molar-refractivity contribution in [1.29, 1.82) is 0 Å². The summed E-state index contributed by atoms with van der Waals surface area (Å²) >= 11 is 0. The molecule has 1 aromatic carbocycles. The number of H-pyrrole nitrogens is 1. The maximum Gasteiger partial charge on any atom is 0.229 e. The maximum atomic E-state index is 12.1. The number of Topliss-reactive ketones (excluding diaryl/α,β-unsaturated/α-hetero) is 1. The SMILES string of the molecule is CS(=O)(=O)Nc1ccc(-c2ccnc3[nH]c(CC(=O)CCCCO)cc23)cc1. The Labute approximate surface area is 163 Å². The molecule has 0 atom stereocenters. The molecule has 0 bridgehead atoms. The zero-order valence-corrected chi connectivity index (χ0v) is 16.4. The zero-order chi connectivity index (χ0) is 20.1. The number of nitrogens with zero attached hydrogens (tertiary/aromatic N) is 1. The van der Waals surface area contributed by atoms with Crippen LogP contribution in [0.1, 0.15) is 25.0 Å². The van der Waals surface area contributed by atoms with Gasteiger partial charge in [-0.3, -0.25) is 9.52 Å². The van der Waals surface area contributed by atoms with Crippen LogP contribution >= 0.6 is 0 Å². The topological polar surface area (TPSA) is 112 Å². The molecule has 3 rings (SSSR count). The molecule has 7 nitrogen and oxygen atoms in total. The van der Waals surface area contributed by atoms with Crippen molar-refractivity contribution < 1.29 is 18.3 Å². The number of fused-ring (bicyclic) bond motifs is 1. The molecule has 3 N–H and O–H groups in total. The highest BCUT2D eigenvalue weighted by atomic mass is 32.2. The minimum absolute atomic E-state index is 0.103. The van der Waals surface area contributed by atoms with E-state index < -0.39 is 10.0 Å².